The number of hydrogen-bond acceptors (Lipinski definition) is 2. The van der Waals surface area contributed by atoms with Gasteiger partial charge in [0.2, 0.25) is 5.91 Å². The van der Waals surface area contributed by atoms with Gasteiger partial charge in [-0.2, -0.15) is 0 Å². The normalized spacial score (nSPS) is 19.7. The van der Waals surface area contributed by atoms with Gasteiger partial charge in [-0.3, -0.25) is 4.79 Å². The first-order valence-corrected chi connectivity index (χ1v) is 1.62. The molecule has 1 saturated heterocycles. The van der Waals surface area contributed by atoms with Gasteiger partial charge in [-0.25, -0.2) is 0 Å². The molecule has 1 N–H and O–H groups in total. The third-order valence-corrected chi connectivity index (χ3v) is 0.518. The first-order valence-electron chi connectivity index (χ1n) is 1.62. The van der Waals surface area contributed by atoms with Gasteiger partial charge in [0, 0.05) is 0 Å². The Hall–Kier alpha value is -0.505. The zero-order valence-electron chi connectivity index (χ0n) is 3.10. The molecule has 0 atom stereocenters. The Morgan fingerprint density at radius 3 is 3.00 bits per heavy atom. The SMILES string of the molecule is O=C1CO[B]N1. The van der Waals surface area contributed by atoms with Crippen molar-refractivity contribution in [3.05, 3.63) is 0 Å². The van der Waals surface area contributed by atoms with Crippen LogP contribution in [0.3, 0.4) is 0 Å². The van der Waals surface area contributed by atoms with Crippen LogP contribution < -0.4 is 5.23 Å². The molecular weight excluding hydrogens is 80.8 g/mol. The van der Waals surface area contributed by atoms with Gasteiger partial charge in [0.25, 0.3) is 0 Å². The van der Waals surface area contributed by atoms with E-state index >= 15 is 0 Å². The van der Waals surface area contributed by atoms with Crippen molar-refractivity contribution in [1.82, 2.24) is 5.23 Å². The first kappa shape index (κ1) is 3.68. The summed E-state index contributed by atoms with van der Waals surface area (Å²) >= 11 is 0. The molecule has 1 amide bonds. The maximum Gasteiger partial charge on any atom is 0.438 e. The molecule has 31 valence electrons. The van der Waals surface area contributed by atoms with Crippen LogP contribution in [0.15, 0.2) is 0 Å². The van der Waals surface area contributed by atoms with Crippen LogP contribution >= 0.6 is 0 Å². The Labute approximate surface area is 36.0 Å². The Balaban J connectivity index is 2.37. The van der Waals surface area contributed by atoms with Crippen LogP contribution in [0.2, 0.25) is 0 Å². The van der Waals surface area contributed by atoms with Crippen LogP contribution in [-0.2, 0) is 9.45 Å². The molecule has 1 aliphatic heterocycles. The predicted molar refractivity (Wildman–Crippen MR) is 19.8 cm³/mol. The number of nitrogens with one attached hydrogen (secondary N) is 1. The quantitative estimate of drug-likeness (QED) is 0.369. The number of amides is 1. The van der Waals surface area contributed by atoms with Crippen LogP contribution in [0.4, 0.5) is 0 Å². The Bertz CT molecular complexity index is 65.9. The molecule has 1 radical (unpaired) electrons. The molecule has 0 bridgehead atoms. The molecule has 0 aromatic carbocycles. The molecule has 0 saturated carbocycles. The van der Waals surface area contributed by atoms with Gasteiger partial charge in [-0.05, 0) is 0 Å². The lowest BCUT2D eigenvalue weighted by Gasteiger charge is -1.75. The second-order valence-electron chi connectivity index (χ2n) is 0.996. The van der Waals surface area contributed by atoms with E-state index < -0.39 is 0 Å². The lowest BCUT2D eigenvalue weighted by molar-refractivity contribution is -0.119. The van der Waals surface area contributed by atoms with Crippen LogP contribution in [0.1, 0.15) is 0 Å². The number of hydrogen-bond donors (Lipinski definition) is 1. The van der Waals surface area contributed by atoms with E-state index in [1.807, 2.05) is 0 Å². The molecule has 0 spiro atoms. The zero-order chi connectivity index (χ0) is 4.41. The summed E-state index contributed by atoms with van der Waals surface area (Å²) < 4.78 is 4.47. The van der Waals surface area contributed by atoms with Crippen molar-refractivity contribution in [2.45, 2.75) is 0 Å². The summed E-state index contributed by atoms with van der Waals surface area (Å²) in [5.41, 5.74) is 0. The van der Waals surface area contributed by atoms with Gasteiger partial charge < -0.3 is 9.88 Å². The van der Waals surface area contributed by atoms with Gasteiger partial charge in [0.05, 0.1) is 0 Å². The molecule has 1 rings (SSSR count). The topological polar surface area (TPSA) is 38.3 Å². The van der Waals surface area contributed by atoms with Gasteiger partial charge >= 0.3 is 7.62 Å². The number of carbonyl (C=O) groups excluding carboxylic acids is 1. The highest BCUT2D eigenvalue weighted by Crippen LogP contribution is 1.76. The van der Waals surface area contributed by atoms with Crippen LogP contribution in [-0.4, -0.2) is 20.1 Å². The molecule has 0 aromatic rings. The lowest BCUT2D eigenvalue weighted by atomic mass is 10.3. The van der Waals surface area contributed by atoms with Crippen LogP contribution in [0.5, 0.6) is 0 Å². The third kappa shape index (κ3) is 0.516. The van der Waals surface area contributed by atoms with Crippen LogP contribution in [0, 0.1) is 0 Å². The second-order valence-corrected chi connectivity index (χ2v) is 0.996. The molecule has 4 heteroatoms. The van der Waals surface area contributed by atoms with Gasteiger partial charge in [0.1, 0.15) is 6.61 Å². The van der Waals surface area contributed by atoms with E-state index in [0.717, 1.165) is 0 Å². The lowest BCUT2D eigenvalue weighted by Crippen LogP contribution is -2.17. The molecule has 1 heterocycles. The fraction of sp³-hybridized carbons (Fsp3) is 0.500. The summed E-state index contributed by atoms with van der Waals surface area (Å²) in [7, 11) is 1.28. The van der Waals surface area contributed by atoms with E-state index in [1.54, 1.807) is 0 Å². The van der Waals surface area contributed by atoms with E-state index in [-0.39, 0.29) is 12.5 Å². The van der Waals surface area contributed by atoms with E-state index in [2.05, 4.69) is 9.88 Å². The number of carbonyl (C=O) groups is 1. The summed E-state index contributed by atoms with van der Waals surface area (Å²) in [6, 6.07) is 0. The first-order chi connectivity index (χ1) is 2.89. The maximum atomic E-state index is 9.98. The fourth-order valence-corrected chi connectivity index (χ4v) is 0.266. The molecule has 0 aliphatic carbocycles. The van der Waals surface area contributed by atoms with Crippen molar-refractivity contribution in [2.75, 3.05) is 6.61 Å². The summed E-state index contributed by atoms with van der Waals surface area (Å²) in [5, 5.41) is 2.33. The van der Waals surface area contributed by atoms with Crippen molar-refractivity contribution in [3.63, 3.8) is 0 Å². The van der Waals surface area contributed by atoms with E-state index in [4.69, 9.17) is 0 Å². The Morgan fingerprint density at radius 1 is 2.00 bits per heavy atom. The average molecular weight is 83.9 g/mol. The fourth-order valence-electron chi connectivity index (χ4n) is 0.266. The van der Waals surface area contributed by atoms with Crippen molar-refractivity contribution in [2.24, 2.45) is 0 Å². The summed E-state index contributed by atoms with van der Waals surface area (Å²) in [5.74, 6) is -0.0741. The second kappa shape index (κ2) is 1.30. The van der Waals surface area contributed by atoms with Crippen molar-refractivity contribution >= 4 is 13.5 Å². The van der Waals surface area contributed by atoms with Gasteiger partial charge in [-0.1, -0.05) is 0 Å². The minimum Gasteiger partial charge on any atom is -0.410 e. The predicted octanol–water partition coefficient (Wildman–Crippen LogP) is -1.33. The molecular formula is C2H3BNO2. The average Bonchev–Trinajstić information content (AvgIpc) is 1.86. The summed E-state index contributed by atoms with van der Waals surface area (Å²) in [6.45, 7) is 0.181. The van der Waals surface area contributed by atoms with Crippen molar-refractivity contribution in [1.29, 1.82) is 0 Å². The number of rotatable bonds is 0. The monoisotopic (exact) mass is 84.0 g/mol. The van der Waals surface area contributed by atoms with Gasteiger partial charge in [-0.15, -0.1) is 0 Å². The van der Waals surface area contributed by atoms with E-state index in [9.17, 15) is 4.79 Å². The molecule has 3 nitrogen and oxygen atoms in total. The largest absolute Gasteiger partial charge is 0.438 e. The van der Waals surface area contributed by atoms with E-state index in [0.29, 0.717) is 0 Å². The van der Waals surface area contributed by atoms with E-state index in [1.165, 1.54) is 7.62 Å². The highest BCUT2D eigenvalue weighted by Gasteiger charge is 2.09. The smallest absolute Gasteiger partial charge is 0.410 e. The summed E-state index contributed by atoms with van der Waals surface area (Å²) in [6.07, 6.45) is 0. The highest BCUT2D eigenvalue weighted by atomic mass is 16.5. The molecule has 0 aromatic heterocycles. The molecule has 1 aliphatic rings. The molecule has 1 fully saturated rings. The zero-order valence-corrected chi connectivity index (χ0v) is 3.10. The van der Waals surface area contributed by atoms with Gasteiger partial charge in [0.15, 0.2) is 0 Å². The third-order valence-electron chi connectivity index (χ3n) is 0.518. The molecule has 0 unspecified atom stereocenters. The standard InChI is InChI=1S/C2H3BNO2/c5-2-1-6-3-4-2/h1H2,(H,4,5). The van der Waals surface area contributed by atoms with Crippen molar-refractivity contribution in [3.8, 4) is 0 Å². The Kier molecular flexibility index (Phi) is 0.798. The van der Waals surface area contributed by atoms with Crippen LogP contribution in [0.25, 0.3) is 0 Å². The Morgan fingerprint density at radius 2 is 2.83 bits per heavy atom. The molecule has 6 heavy (non-hydrogen) atoms. The van der Waals surface area contributed by atoms with Crippen molar-refractivity contribution < 1.29 is 9.45 Å². The summed E-state index contributed by atoms with van der Waals surface area (Å²) in [4.78, 5) is 9.98. The minimum atomic E-state index is -0.0741. The highest BCUT2D eigenvalue weighted by molar-refractivity contribution is 6.32. The minimum absolute atomic E-state index is 0.0741. The maximum absolute atomic E-state index is 9.98.